The summed E-state index contributed by atoms with van der Waals surface area (Å²) in [6.45, 7) is 3.97. The number of nitrogens with two attached hydrogens (primary N) is 1. The third-order valence-electron chi connectivity index (χ3n) is 2.80. The molecule has 0 saturated carbocycles. The van der Waals surface area contributed by atoms with Gasteiger partial charge in [-0.15, -0.1) is 0 Å². The first kappa shape index (κ1) is 13.6. The van der Waals surface area contributed by atoms with E-state index in [0.717, 1.165) is 24.5 Å². The normalized spacial score (nSPS) is 10.7. The zero-order valence-electron chi connectivity index (χ0n) is 10.9. The van der Waals surface area contributed by atoms with E-state index in [1.807, 2.05) is 13.8 Å². The second kappa shape index (κ2) is 5.44. The van der Waals surface area contributed by atoms with Gasteiger partial charge >= 0.3 is 0 Å². The molecule has 4 nitrogen and oxygen atoms in total. The highest BCUT2D eigenvalue weighted by molar-refractivity contribution is 7.80. The van der Waals surface area contributed by atoms with Crippen LogP contribution in [0.4, 0.5) is 4.39 Å². The molecule has 1 aromatic carbocycles. The summed E-state index contributed by atoms with van der Waals surface area (Å²) in [6, 6.07) is 4.31. The van der Waals surface area contributed by atoms with E-state index in [1.165, 1.54) is 12.1 Å². The van der Waals surface area contributed by atoms with E-state index < -0.39 is 0 Å². The van der Waals surface area contributed by atoms with Crippen molar-refractivity contribution in [2.24, 2.45) is 5.73 Å². The van der Waals surface area contributed by atoms with Gasteiger partial charge in [0.25, 0.3) is 0 Å². The first-order chi connectivity index (χ1) is 9.06. The number of thiocarbonyl (C=S) groups is 1. The Morgan fingerprint density at radius 2 is 2.11 bits per heavy atom. The molecule has 2 aromatic rings. The first-order valence-corrected chi connectivity index (χ1v) is 6.52. The Kier molecular flexibility index (Phi) is 3.90. The quantitative estimate of drug-likeness (QED) is 0.871. The minimum absolute atomic E-state index is 0.144. The number of hydrogen-bond acceptors (Lipinski definition) is 3. The topological polar surface area (TPSA) is 56.7 Å². The molecule has 0 bridgehead atoms. The average molecular weight is 278 g/mol. The molecule has 0 amide bonds. The number of halogens is 1. The molecule has 0 unspecified atom stereocenters. The molecule has 0 atom stereocenters. The van der Waals surface area contributed by atoms with Gasteiger partial charge in [-0.3, -0.25) is 0 Å². The molecule has 0 aliphatic carbocycles. The van der Waals surface area contributed by atoms with Crippen molar-refractivity contribution in [1.82, 2.24) is 14.8 Å². The summed E-state index contributed by atoms with van der Waals surface area (Å²) in [6.07, 6.45) is 1.46. The molecule has 2 N–H and O–H groups in total. The predicted octanol–water partition coefficient (Wildman–Crippen LogP) is 2.17. The molecule has 100 valence electrons. The second-order valence-electron chi connectivity index (χ2n) is 4.09. The standard InChI is InChI=1S/C13H15FN4S/c1-3-11-16-12(4-2)18(17-11)10-6-5-8(14)7-9(10)13(15)19/h5-7H,3-4H2,1-2H3,(H2,15,19). The van der Waals surface area contributed by atoms with Crippen LogP contribution >= 0.6 is 12.2 Å². The summed E-state index contributed by atoms with van der Waals surface area (Å²) < 4.78 is 15.0. The maximum atomic E-state index is 13.3. The van der Waals surface area contributed by atoms with Crippen LogP contribution in [0.1, 0.15) is 31.1 Å². The molecule has 0 spiro atoms. The number of rotatable bonds is 4. The van der Waals surface area contributed by atoms with Crippen molar-refractivity contribution in [3.05, 3.63) is 41.2 Å². The molecular formula is C13H15FN4S. The zero-order chi connectivity index (χ0) is 14.0. The van der Waals surface area contributed by atoms with Crippen molar-refractivity contribution in [3.8, 4) is 5.69 Å². The number of nitrogens with zero attached hydrogens (tertiary/aromatic N) is 3. The fourth-order valence-corrected chi connectivity index (χ4v) is 2.02. The van der Waals surface area contributed by atoms with Crippen LogP contribution in [0.15, 0.2) is 18.2 Å². The Morgan fingerprint density at radius 1 is 1.37 bits per heavy atom. The van der Waals surface area contributed by atoms with Crippen LogP contribution in [0.3, 0.4) is 0 Å². The summed E-state index contributed by atoms with van der Waals surface area (Å²) in [7, 11) is 0. The van der Waals surface area contributed by atoms with E-state index in [4.69, 9.17) is 18.0 Å². The van der Waals surface area contributed by atoms with E-state index in [1.54, 1.807) is 10.7 Å². The van der Waals surface area contributed by atoms with Crippen LogP contribution in [0.2, 0.25) is 0 Å². The van der Waals surface area contributed by atoms with E-state index in [-0.39, 0.29) is 10.8 Å². The Bertz CT molecular complexity index is 621. The van der Waals surface area contributed by atoms with E-state index >= 15 is 0 Å². The maximum Gasteiger partial charge on any atom is 0.151 e. The predicted molar refractivity (Wildman–Crippen MR) is 76.0 cm³/mol. The van der Waals surface area contributed by atoms with Gasteiger partial charge in [-0.05, 0) is 18.2 Å². The zero-order valence-corrected chi connectivity index (χ0v) is 11.7. The lowest BCUT2D eigenvalue weighted by atomic mass is 10.1. The lowest BCUT2D eigenvalue weighted by Gasteiger charge is -2.10. The third-order valence-corrected chi connectivity index (χ3v) is 3.02. The monoisotopic (exact) mass is 278 g/mol. The summed E-state index contributed by atoms with van der Waals surface area (Å²) in [5, 5.41) is 4.41. The summed E-state index contributed by atoms with van der Waals surface area (Å²) in [5.41, 5.74) is 6.79. The minimum atomic E-state index is -0.375. The van der Waals surface area contributed by atoms with Crippen LogP contribution < -0.4 is 5.73 Å². The van der Waals surface area contributed by atoms with Gasteiger partial charge in [0.2, 0.25) is 0 Å². The Hall–Kier alpha value is -1.82. The van der Waals surface area contributed by atoms with Crippen molar-refractivity contribution in [3.63, 3.8) is 0 Å². The SMILES string of the molecule is CCc1nc(CC)n(-c2ccc(F)cc2C(N)=S)n1. The van der Waals surface area contributed by atoms with Crippen LogP contribution in [0.25, 0.3) is 5.69 Å². The van der Waals surface area contributed by atoms with E-state index in [0.29, 0.717) is 11.3 Å². The van der Waals surface area contributed by atoms with Gasteiger partial charge in [0.15, 0.2) is 5.82 Å². The van der Waals surface area contributed by atoms with Crippen LogP contribution in [-0.4, -0.2) is 19.8 Å². The van der Waals surface area contributed by atoms with Gasteiger partial charge in [0.1, 0.15) is 16.6 Å². The fraction of sp³-hybridized carbons (Fsp3) is 0.308. The molecule has 2 rings (SSSR count). The Morgan fingerprint density at radius 3 is 2.68 bits per heavy atom. The molecule has 6 heteroatoms. The fourth-order valence-electron chi connectivity index (χ4n) is 1.85. The first-order valence-electron chi connectivity index (χ1n) is 6.11. The Labute approximate surface area is 116 Å². The van der Waals surface area contributed by atoms with E-state index in [9.17, 15) is 4.39 Å². The highest BCUT2D eigenvalue weighted by atomic mass is 32.1. The minimum Gasteiger partial charge on any atom is -0.389 e. The van der Waals surface area contributed by atoms with Gasteiger partial charge in [-0.2, -0.15) is 5.10 Å². The lowest BCUT2D eigenvalue weighted by Crippen LogP contribution is -2.15. The molecule has 1 heterocycles. The summed E-state index contributed by atoms with van der Waals surface area (Å²) >= 11 is 4.97. The van der Waals surface area contributed by atoms with Gasteiger partial charge in [0, 0.05) is 18.4 Å². The molecule has 0 fully saturated rings. The number of hydrogen-bond donors (Lipinski definition) is 1. The van der Waals surface area contributed by atoms with Crippen molar-refractivity contribution in [1.29, 1.82) is 0 Å². The summed E-state index contributed by atoms with van der Waals surface area (Å²) in [5.74, 6) is 1.18. The van der Waals surface area contributed by atoms with Crippen molar-refractivity contribution < 1.29 is 4.39 Å². The largest absolute Gasteiger partial charge is 0.389 e. The van der Waals surface area contributed by atoms with Gasteiger partial charge in [-0.1, -0.05) is 26.1 Å². The lowest BCUT2D eigenvalue weighted by molar-refractivity contribution is 0.626. The van der Waals surface area contributed by atoms with Gasteiger partial charge < -0.3 is 5.73 Å². The van der Waals surface area contributed by atoms with Crippen molar-refractivity contribution >= 4 is 17.2 Å². The average Bonchev–Trinajstić information content (AvgIpc) is 2.81. The molecule has 0 saturated heterocycles. The highest BCUT2D eigenvalue weighted by Gasteiger charge is 2.14. The molecule has 0 radical (unpaired) electrons. The molecular weight excluding hydrogens is 263 g/mol. The van der Waals surface area contributed by atoms with Crippen LogP contribution in [-0.2, 0) is 12.8 Å². The molecule has 1 aromatic heterocycles. The number of aryl methyl sites for hydroxylation is 2. The second-order valence-corrected chi connectivity index (χ2v) is 4.53. The van der Waals surface area contributed by atoms with Crippen LogP contribution in [0, 0.1) is 5.82 Å². The molecule has 19 heavy (non-hydrogen) atoms. The van der Waals surface area contributed by atoms with E-state index in [2.05, 4.69) is 10.1 Å². The molecule has 0 aliphatic rings. The maximum absolute atomic E-state index is 13.3. The van der Waals surface area contributed by atoms with Crippen LogP contribution in [0.5, 0.6) is 0 Å². The Balaban J connectivity index is 2.64. The summed E-state index contributed by atoms with van der Waals surface area (Å²) in [4.78, 5) is 4.56. The number of benzene rings is 1. The van der Waals surface area contributed by atoms with Crippen molar-refractivity contribution in [2.75, 3.05) is 0 Å². The van der Waals surface area contributed by atoms with Crippen molar-refractivity contribution in [2.45, 2.75) is 26.7 Å². The number of aromatic nitrogens is 3. The van der Waals surface area contributed by atoms with Gasteiger partial charge in [0.05, 0.1) is 5.69 Å². The molecule has 0 aliphatic heterocycles. The third kappa shape index (κ3) is 2.63. The highest BCUT2D eigenvalue weighted by Crippen LogP contribution is 2.18. The smallest absolute Gasteiger partial charge is 0.151 e. The van der Waals surface area contributed by atoms with Gasteiger partial charge in [-0.25, -0.2) is 14.1 Å².